The Labute approximate surface area is 139 Å². The monoisotopic (exact) mass is 331 g/mol. The average Bonchev–Trinajstić information content (AvgIpc) is 2.61. The number of nitrogens with zero attached hydrogens (tertiary/aromatic N) is 1. The van der Waals surface area contributed by atoms with Gasteiger partial charge in [-0.1, -0.05) is 12.1 Å². The summed E-state index contributed by atoms with van der Waals surface area (Å²) in [7, 11) is 0. The van der Waals surface area contributed by atoms with Gasteiger partial charge in [0.05, 0.1) is 12.2 Å². The molecular weight excluding hydrogens is 312 g/mol. The van der Waals surface area contributed by atoms with Crippen molar-refractivity contribution in [1.82, 2.24) is 4.90 Å². The van der Waals surface area contributed by atoms with E-state index in [0.29, 0.717) is 31.4 Å². The van der Waals surface area contributed by atoms with Crippen LogP contribution in [0.1, 0.15) is 23.2 Å². The van der Waals surface area contributed by atoms with Gasteiger partial charge in [-0.15, -0.1) is 0 Å². The summed E-state index contributed by atoms with van der Waals surface area (Å²) in [6.07, 6.45) is 1.61. The van der Waals surface area contributed by atoms with E-state index in [4.69, 9.17) is 4.74 Å². The Balaban J connectivity index is 1.49. The quantitative estimate of drug-likeness (QED) is 0.850. The van der Waals surface area contributed by atoms with E-state index in [-0.39, 0.29) is 17.3 Å². The van der Waals surface area contributed by atoms with Crippen molar-refractivity contribution >= 4 is 5.91 Å². The zero-order chi connectivity index (χ0) is 16.9. The molecule has 0 unspecified atom stereocenters. The van der Waals surface area contributed by atoms with Crippen molar-refractivity contribution in [2.45, 2.75) is 12.8 Å². The molecule has 0 atom stereocenters. The van der Waals surface area contributed by atoms with Gasteiger partial charge in [0.1, 0.15) is 17.4 Å². The molecule has 1 heterocycles. The van der Waals surface area contributed by atoms with Crippen molar-refractivity contribution in [2.75, 3.05) is 19.7 Å². The summed E-state index contributed by atoms with van der Waals surface area (Å²) < 4.78 is 32.2. The number of benzene rings is 2. The third kappa shape index (κ3) is 3.91. The third-order valence-electron chi connectivity index (χ3n) is 4.31. The maximum Gasteiger partial charge on any atom is 0.256 e. The molecule has 3 rings (SSSR count). The maximum absolute atomic E-state index is 13.7. The highest BCUT2D eigenvalue weighted by molar-refractivity contribution is 5.94. The number of ether oxygens (including phenoxy) is 1. The molecule has 1 aliphatic rings. The summed E-state index contributed by atoms with van der Waals surface area (Å²) in [5, 5.41) is 0. The average molecular weight is 331 g/mol. The highest BCUT2D eigenvalue weighted by atomic mass is 19.1. The lowest BCUT2D eigenvalue weighted by molar-refractivity contribution is 0.0656. The first-order chi connectivity index (χ1) is 11.6. The Bertz CT molecular complexity index is 695. The van der Waals surface area contributed by atoms with E-state index in [1.165, 1.54) is 24.3 Å². The van der Waals surface area contributed by atoms with Crippen LogP contribution < -0.4 is 4.74 Å². The molecule has 2 aromatic rings. The van der Waals surface area contributed by atoms with Crippen molar-refractivity contribution in [3.63, 3.8) is 0 Å². The lowest BCUT2D eigenvalue weighted by Crippen LogP contribution is -2.40. The molecule has 0 radical (unpaired) electrons. The van der Waals surface area contributed by atoms with Gasteiger partial charge in [0.15, 0.2) is 0 Å². The summed E-state index contributed by atoms with van der Waals surface area (Å²) in [5.74, 6) is -0.0569. The van der Waals surface area contributed by atoms with Crippen LogP contribution in [0.3, 0.4) is 0 Å². The second-order valence-electron chi connectivity index (χ2n) is 5.98. The largest absolute Gasteiger partial charge is 0.493 e. The molecule has 0 aliphatic carbocycles. The minimum atomic E-state index is -0.482. The van der Waals surface area contributed by atoms with Gasteiger partial charge in [-0.3, -0.25) is 4.79 Å². The summed E-state index contributed by atoms with van der Waals surface area (Å²) in [6, 6.07) is 12.0. The Kier molecular flexibility index (Phi) is 5.08. The number of hydrogen-bond donors (Lipinski definition) is 0. The number of rotatable bonds is 4. The van der Waals surface area contributed by atoms with E-state index in [9.17, 15) is 13.6 Å². The highest BCUT2D eigenvalue weighted by Gasteiger charge is 2.25. The van der Waals surface area contributed by atoms with Gasteiger partial charge >= 0.3 is 0 Å². The molecule has 5 heteroatoms. The molecule has 0 saturated carbocycles. The van der Waals surface area contributed by atoms with Crippen LogP contribution in [0, 0.1) is 17.6 Å². The SMILES string of the molecule is O=C(c1ccccc1F)N1CCC(COc2ccc(F)cc2)CC1. The number of carbonyl (C=O) groups excluding carboxylic acids is 1. The molecule has 24 heavy (non-hydrogen) atoms. The molecule has 0 N–H and O–H groups in total. The van der Waals surface area contributed by atoms with Crippen LogP contribution in [-0.4, -0.2) is 30.5 Å². The van der Waals surface area contributed by atoms with E-state index in [2.05, 4.69) is 0 Å². The van der Waals surface area contributed by atoms with Crippen molar-refractivity contribution in [3.8, 4) is 5.75 Å². The van der Waals surface area contributed by atoms with Crippen LogP contribution in [0.5, 0.6) is 5.75 Å². The topological polar surface area (TPSA) is 29.5 Å². The van der Waals surface area contributed by atoms with Crippen LogP contribution in [0.25, 0.3) is 0 Å². The molecule has 0 spiro atoms. The van der Waals surface area contributed by atoms with E-state index in [1.807, 2.05) is 0 Å². The van der Waals surface area contributed by atoms with Crippen molar-refractivity contribution in [3.05, 3.63) is 65.7 Å². The van der Waals surface area contributed by atoms with E-state index in [0.717, 1.165) is 12.8 Å². The summed E-state index contributed by atoms with van der Waals surface area (Å²) in [6.45, 7) is 1.71. The van der Waals surface area contributed by atoms with E-state index >= 15 is 0 Å². The molecule has 1 saturated heterocycles. The smallest absolute Gasteiger partial charge is 0.256 e. The van der Waals surface area contributed by atoms with Crippen LogP contribution >= 0.6 is 0 Å². The third-order valence-corrected chi connectivity index (χ3v) is 4.31. The molecule has 3 nitrogen and oxygen atoms in total. The lowest BCUT2D eigenvalue weighted by Gasteiger charge is -2.32. The van der Waals surface area contributed by atoms with Gasteiger partial charge in [0.25, 0.3) is 5.91 Å². The van der Waals surface area contributed by atoms with Gasteiger partial charge in [-0.2, -0.15) is 0 Å². The Hall–Kier alpha value is -2.43. The number of piperidine rings is 1. The van der Waals surface area contributed by atoms with Crippen molar-refractivity contribution in [2.24, 2.45) is 5.92 Å². The van der Waals surface area contributed by atoms with E-state index in [1.54, 1.807) is 29.2 Å². The molecule has 2 aromatic carbocycles. The highest BCUT2D eigenvalue weighted by Crippen LogP contribution is 2.21. The van der Waals surface area contributed by atoms with Crippen molar-refractivity contribution < 1.29 is 18.3 Å². The Morgan fingerprint density at radius 1 is 1.04 bits per heavy atom. The van der Waals surface area contributed by atoms with Gasteiger partial charge in [-0.05, 0) is 55.2 Å². The van der Waals surface area contributed by atoms with Crippen LogP contribution in [0.15, 0.2) is 48.5 Å². The first-order valence-corrected chi connectivity index (χ1v) is 8.05. The number of amides is 1. The molecule has 1 amide bonds. The first-order valence-electron chi connectivity index (χ1n) is 8.05. The van der Waals surface area contributed by atoms with Gasteiger partial charge < -0.3 is 9.64 Å². The molecule has 0 bridgehead atoms. The number of halogens is 2. The predicted octanol–water partition coefficient (Wildman–Crippen LogP) is 3.90. The molecular formula is C19H19F2NO2. The summed E-state index contributed by atoms with van der Waals surface area (Å²) >= 11 is 0. The maximum atomic E-state index is 13.7. The molecule has 126 valence electrons. The number of hydrogen-bond acceptors (Lipinski definition) is 2. The Morgan fingerprint density at radius 3 is 2.38 bits per heavy atom. The van der Waals surface area contributed by atoms with Gasteiger partial charge in [-0.25, -0.2) is 8.78 Å². The molecule has 1 aliphatic heterocycles. The van der Waals surface area contributed by atoms with Gasteiger partial charge in [0, 0.05) is 13.1 Å². The molecule has 1 fully saturated rings. The van der Waals surface area contributed by atoms with Crippen LogP contribution in [-0.2, 0) is 0 Å². The second kappa shape index (κ2) is 7.43. The fourth-order valence-electron chi connectivity index (χ4n) is 2.85. The van der Waals surface area contributed by atoms with Crippen LogP contribution in [0.4, 0.5) is 8.78 Å². The van der Waals surface area contributed by atoms with E-state index < -0.39 is 5.82 Å². The summed E-state index contributed by atoms with van der Waals surface area (Å²) in [5.41, 5.74) is 0.124. The summed E-state index contributed by atoms with van der Waals surface area (Å²) in [4.78, 5) is 14.0. The van der Waals surface area contributed by atoms with Crippen molar-refractivity contribution in [1.29, 1.82) is 0 Å². The zero-order valence-electron chi connectivity index (χ0n) is 13.3. The molecule has 0 aromatic heterocycles. The first kappa shape index (κ1) is 16.4. The minimum absolute atomic E-state index is 0.124. The normalized spacial score (nSPS) is 15.3. The number of likely N-dealkylation sites (tertiary alicyclic amines) is 1. The fourth-order valence-corrected chi connectivity index (χ4v) is 2.85. The number of carbonyl (C=O) groups is 1. The van der Waals surface area contributed by atoms with Crippen LogP contribution in [0.2, 0.25) is 0 Å². The minimum Gasteiger partial charge on any atom is -0.493 e. The Morgan fingerprint density at radius 2 is 1.71 bits per heavy atom. The second-order valence-corrected chi connectivity index (χ2v) is 5.98. The zero-order valence-corrected chi connectivity index (χ0v) is 13.3. The van der Waals surface area contributed by atoms with Gasteiger partial charge in [0.2, 0.25) is 0 Å². The predicted molar refractivity (Wildman–Crippen MR) is 86.9 cm³/mol. The fraction of sp³-hybridized carbons (Fsp3) is 0.316. The standard InChI is InChI=1S/C19H19F2NO2/c20-15-5-7-16(8-6-15)24-13-14-9-11-22(12-10-14)19(23)17-3-1-2-4-18(17)21/h1-8,14H,9-13H2. The lowest BCUT2D eigenvalue weighted by atomic mass is 9.97.